The number of nitrogens with one attached hydrogen (secondary N) is 3. The first-order valence-corrected chi connectivity index (χ1v) is 10.9. The Labute approximate surface area is 199 Å². The van der Waals surface area contributed by atoms with Gasteiger partial charge in [0.25, 0.3) is 11.8 Å². The third-order valence-electron chi connectivity index (χ3n) is 3.89. The Morgan fingerprint density at radius 3 is 2.47 bits per heavy atom. The standard InChI is InChI=1S/C20H14Br2ClN3O3S/c21-13-4-7-15-12(9-13)3-8-16(18(15)22)29-10-17(27)25-26-20(30)24-19(28)11-1-5-14(23)6-2-11/h1-9H,10H2,(H,25,27)(H2,24,26,28,30). The molecule has 0 atom stereocenters. The summed E-state index contributed by atoms with van der Waals surface area (Å²) in [5.41, 5.74) is 5.21. The molecule has 0 saturated heterocycles. The van der Waals surface area contributed by atoms with Crippen molar-refractivity contribution in [3.8, 4) is 5.75 Å². The zero-order valence-corrected chi connectivity index (χ0v) is 19.9. The zero-order chi connectivity index (χ0) is 21.7. The summed E-state index contributed by atoms with van der Waals surface area (Å²) in [4.78, 5) is 24.1. The molecule has 3 aromatic rings. The van der Waals surface area contributed by atoms with Gasteiger partial charge in [0.05, 0.1) is 4.47 Å². The average Bonchev–Trinajstić information content (AvgIpc) is 2.72. The molecule has 0 aliphatic heterocycles. The molecule has 30 heavy (non-hydrogen) atoms. The second kappa shape index (κ2) is 10.2. The third kappa shape index (κ3) is 5.91. The Morgan fingerprint density at radius 2 is 1.73 bits per heavy atom. The minimum Gasteiger partial charge on any atom is -0.483 e. The Bertz CT molecular complexity index is 1130. The molecule has 0 heterocycles. The van der Waals surface area contributed by atoms with Gasteiger partial charge in [0.1, 0.15) is 5.75 Å². The van der Waals surface area contributed by atoms with Crippen LogP contribution in [-0.4, -0.2) is 23.5 Å². The lowest BCUT2D eigenvalue weighted by molar-refractivity contribution is -0.123. The van der Waals surface area contributed by atoms with E-state index in [4.69, 9.17) is 28.6 Å². The molecule has 3 N–H and O–H groups in total. The largest absolute Gasteiger partial charge is 0.483 e. The van der Waals surface area contributed by atoms with Gasteiger partial charge in [0.2, 0.25) is 0 Å². The summed E-state index contributed by atoms with van der Waals surface area (Å²) in [6.07, 6.45) is 0. The van der Waals surface area contributed by atoms with E-state index in [1.165, 1.54) is 0 Å². The Kier molecular flexibility index (Phi) is 7.65. The number of carbonyl (C=O) groups excluding carboxylic acids is 2. The van der Waals surface area contributed by atoms with E-state index in [9.17, 15) is 9.59 Å². The van der Waals surface area contributed by atoms with Crippen molar-refractivity contribution in [3.05, 3.63) is 74.1 Å². The molecule has 6 nitrogen and oxygen atoms in total. The van der Waals surface area contributed by atoms with Crippen molar-refractivity contribution in [2.24, 2.45) is 0 Å². The molecule has 0 saturated carbocycles. The Hall–Kier alpha value is -2.20. The van der Waals surface area contributed by atoms with Gasteiger partial charge in [-0.2, -0.15) is 0 Å². The van der Waals surface area contributed by atoms with Crippen molar-refractivity contribution < 1.29 is 14.3 Å². The lowest BCUT2D eigenvalue weighted by Gasteiger charge is -2.13. The van der Waals surface area contributed by atoms with Crippen LogP contribution in [0.5, 0.6) is 5.75 Å². The minimum absolute atomic E-state index is 0.0548. The van der Waals surface area contributed by atoms with Crippen LogP contribution in [0.15, 0.2) is 63.5 Å². The van der Waals surface area contributed by atoms with E-state index in [0.717, 1.165) is 19.7 Å². The molecule has 0 unspecified atom stereocenters. The number of ether oxygens (including phenoxy) is 1. The van der Waals surface area contributed by atoms with Crippen LogP contribution in [0.4, 0.5) is 0 Å². The smallest absolute Gasteiger partial charge is 0.276 e. The molecule has 10 heteroatoms. The number of rotatable bonds is 4. The van der Waals surface area contributed by atoms with E-state index in [2.05, 4.69) is 48.0 Å². The van der Waals surface area contributed by atoms with Crippen molar-refractivity contribution in [2.45, 2.75) is 0 Å². The van der Waals surface area contributed by atoms with Crippen molar-refractivity contribution in [3.63, 3.8) is 0 Å². The van der Waals surface area contributed by atoms with E-state index in [1.807, 2.05) is 24.3 Å². The van der Waals surface area contributed by atoms with Gasteiger partial charge in [-0.05, 0) is 81.4 Å². The number of thiocarbonyl (C=S) groups is 1. The molecule has 0 aromatic heterocycles. The quantitative estimate of drug-likeness (QED) is 0.312. The van der Waals surface area contributed by atoms with Crippen LogP contribution >= 0.6 is 55.7 Å². The van der Waals surface area contributed by atoms with E-state index in [-0.39, 0.29) is 11.7 Å². The van der Waals surface area contributed by atoms with E-state index in [1.54, 1.807) is 30.3 Å². The highest BCUT2D eigenvalue weighted by atomic mass is 79.9. The summed E-state index contributed by atoms with van der Waals surface area (Å²) in [7, 11) is 0. The minimum atomic E-state index is -0.471. The fourth-order valence-electron chi connectivity index (χ4n) is 2.47. The number of hydrogen-bond donors (Lipinski definition) is 3. The first-order chi connectivity index (χ1) is 14.3. The van der Waals surface area contributed by atoms with Gasteiger partial charge in [0, 0.05) is 15.1 Å². The fourth-order valence-corrected chi connectivity index (χ4v) is 3.72. The molecule has 2 amide bonds. The van der Waals surface area contributed by atoms with Crippen LogP contribution in [0.3, 0.4) is 0 Å². The molecule has 0 aliphatic carbocycles. The predicted molar refractivity (Wildman–Crippen MR) is 128 cm³/mol. The molecule has 3 rings (SSSR count). The summed E-state index contributed by atoms with van der Waals surface area (Å²) in [6.45, 7) is -0.249. The van der Waals surface area contributed by atoms with Gasteiger partial charge in [-0.25, -0.2) is 0 Å². The summed E-state index contributed by atoms with van der Waals surface area (Å²) < 4.78 is 7.30. The maximum atomic E-state index is 12.1. The highest BCUT2D eigenvalue weighted by Gasteiger charge is 2.11. The van der Waals surface area contributed by atoms with Crippen LogP contribution in [0, 0.1) is 0 Å². The summed E-state index contributed by atoms with van der Waals surface area (Å²) >= 11 is 17.7. The monoisotopic (exact) mass is 569 g/mol. The molecule has 3 aromatic carbocycles. The third-order valence-corrected chi connectivity index (χ3v) is 5.66. The highest BCUT2D eigenvalue weighted by Crippen LogP contribution is 2.34. The number of halogens is 3. The van der Waals surface area contributed by atoms with Crippen LogP contribution < -0.4 is 20.9 Å². The lowest BCUT2D eigenvalue weighted by Crippen LogP contribution is -2.49. The van der Waals surface area contributed by atoms with Crippen LogP contribution in [-0.2, 0) is 4.79 Å². The van der Waals surface area contributed by atoms with Gasteiger partial charge in [-0.15, -0.1) is 0 Å². The number of amides is 2. The molecule has 154 valence electrons. The fraction of sp³-hybridized carbons (Fsp3) is 0.0500. The first-order valence-electron chi connectivity index (χ1n) is 8.50. The second-order valence-corrected chi connectivity index (χ2v) is 8.55. The van der Waals surface area contributed by atoms with Gasteiger partial charge in [-0.1, -0.05) is 39.7 Å². The Morgan fingerprint density at radius 1 is 1.00 bits per heavy atom. The van der Waals surface area contributed by atoms with E-state index in [0.29, 0.717) is 16.3 Å². The number of benzene rings is 3. The van der Waals surface area contributed by atoms with Gasteiger partial charge >= 0.3 is 0 Å². The van der Waals surface area contributed by atoms with Gasteiger partial charge < -0.3 is 4.74 Å². The average molecular weight is 572 g/mol. The number of hydrogen-bond acceptors (Lipinski definition) is 4. The molecule has 0 radical (unpaired) electrons. The summed E-state index contributed by atoms with van der Waals surface area (Å²) in [5, 5.41) is 4.90. The molecule has 0 fully saturated rings. The van der Waals surface area contributed by atoms with Crippen LogP contribution in [0.1, 0.15) is 10.4 Å². The number of hydrazine groups is 1. The topological polar surface area (TPSA) is 79.5 Å². The maximum Gasteiger partial charge on any atom is 0.276 e. The predicted octanol–water partition coefficient (Wildman–Crippen LogP) is 4.73. The summed E-state index contributed by atoms with van der Waals surface area (Å²) in [6, 6.07) is 15.8. The molecular formula is C20H14Br2ClN3O3S. The van der Waals surface area contributed by atoms with Crippen LogP contribution in [0.2, 0.25) is 5.02 Å². The summed E-state index contributed by atoms with van der Waals surface area (Å²) in [5.74, 6) is -0.374. The van der Waals surface area contributed by atoms with Crippen LogP contribution in [0.25, 0.3) is 10.8 Å². The normalized spacial score (nSPS) is 10.4. The van der Waals surface area contributed by atoms with E-state index >= 15 is 0 Å². The second-order valence-electron chi connectivity index (χ2n) is 6.00. The number of carbonyl (C=O) groups is 2. The van der Waals surface area contributed by atoms with Gasteiger partial charge in [-0.3, -0.25) is 25.8 Å². The molecule has 0 bridgehead atoms. The SMILES string of the molecule is O=C(COc1ccc2cc(Br)ccc2c1Br)NNC(=S)NC(=O)c1ccc(Cl)cc1. The van der Waals surface area contributed by atoms with Crippen molar-refractivity contribution in [1.82, 2.24) is 16.2 Å². The molecule has 0 spiro atoms. The van der Waals surface area contributed by atoms with Crippen molar-refractivity contribution in [1.29, 1.82) is 0 Å². The molecular weight excluding hydrogens is 558 g/mol. The van der Waals surface area contributed by atoms with Crippen molar-refractivity contribution in [2.75, 3.05) is 6.61 Å². The molecule has 0 aliphatic rings. The Balaban J connectivity index is 1.49. The van der Waals surface area contributed by atoms with E-state index < -0.39 is 11.8 Å². The zero-order valence-electron chi connectivity index (χ0n) is 15.2. The van der Waals surface area contributed by atoms with Crippen molar-refractivity contribution >= 4 is 83.4 Å². The first kappa shape index (κ1) is 22.5. The van der Waals surface area contributed by atoms with Gasteiger partial charge in [0.15, 0.2) is 11.7 Å². The lowest BCUT2D eigenvalue weighted by atomic mass is 10.1. The maximum absolute atomic E-state index is 12.1. The number of fused-ring (bicyclic) bond motifs is 1. The highest BCUT2D eigenvalue weighted by molar-refractivity contribution is 9.11.